The molecule has 1 aromatic rings. The fraction of sp³-hybridized carbons (Fsp3) is 0.652. The Hall–Kier alpha value is -2.32. The van der Waals surface area contributed by atoms with Crippen LogP contribution in [0.2, 0.25) is 0 Å². The van der Waals surface area contributed by atoms with Crippen molar-refractivity contribution in [3.63, 3.8) is 0 Å². The van der Waals surface area contributed by atoms with Crippen molar-refractivity contribution in [2.75, 3.05) is 32.9 Å². The maximum Gasteiger partial charge on any atom is 0.408 e. The van der Waals surface area contributed by atoms with Crippen molar-refractivity contribution < 1.29 is 28.9 Å². The minimum atomic E-state index is -1.12. The van der Waals surface area contributed by atoms with Crippen LogP contribution in [0.3, 0.4) is 0 Å². The van der Waals surface area contributed by atoms with Gasteiger partial charge in [0.05, 0.1) is 6.61 Å². The molecule has 31 heavy (non-hydrogen) atoms. The maximum absolute atomic E-state index is 13.1. The zero-order chi connectivity index (χ0) is 22.4. The van der Waals surface area contributed by atoms with Crippen molar-refractivity contribution in [3.05, 3.63) is 29.8 Å². The smallest absolute Gasteiger partial charge is 0.408 e. The summed E-state index contributed by atoms with van der Waals surface area (Å²) >= 11 is 0. The van der Waals surface area contributed by atoms with Crippen LogP contribution < -0.4 is 4.74 Å². The first kappa shape index (κ1) is 23.3. The van der Waals surface area contributed by atoms with Crippen LogP contribution in [0.25, 0.3) is 0 Å². The van der Waals surface area contributed by atoms with Crippen LogP contribution in [0.4, 0.5) is 4.79 Å². The lowest BCUT2D eigenvalue weighted by Crippen LogP contribution is -2.55. The third-order valence-corrected chi connectivity index (χ3v) is 5.58. The zero-order valence-corrected chi connectivity index (χ0v) is 18.7. The Morgan fingerprint density at radius 1 is 1.16 bits per heavy atom. The van der Waals surface area contributed by atoms with E-state index in [1.54, 1.807) is 49.9 Å². The van der Waals surface area contributed by atoms with E-state index in [1.165, 1.54) is 4.90 Å². The molecular weight excluding hydrogens is 400 g/mol. The molecule has 1 aromatic carbocycles. The SMILES string of the molecule is CC(C)(C)N(C(=O)O)[C@H](C(=O)N1CCC1)c1ccc(OCCOC2CCCCO2)cc1. The summed E-state index contributed by atoms with van der Waals surface area (Å²) in [7, 11) is 0. The van der Waals surface area contributed by atoms with Gasteiger partial charge in [-0.05, 0) is 64.2 Å². The first-order chi connectivity index (χ1) is 14.8. The van der Waals surface area contributed by atoms with Crippen molar-refractivity contribution in [3.8, 4) is 5.75 Å². The van der Waals surface area contributed by atoms with Crippen LogP contribution >= 0.6 is 0 Å². The Morgan fingerprint density at radius 3 is 2.39 bits per heavy atom. The Bertz CT molecular complexity index is 735. The standard InChI is InChI=1S/C23H34N2O6/c1-23(2,3)25(22(27)28)20(21(26)24-12-6-13-24)17-8-10-18(11-9-17)29-15-16-31-19-7-4-5-14-30-19/h8-11,19-20H,4-7,12-16H2,1-3H3,(H,27,28)/t19?,20-/m0/s1. The van der Waals surface area contributed by atoms with Gasteiger partial charge in [-0.1, -0.05) is 12.1 Å². The molecule has 1 unspecified atom stereocenters. The highest BCUT2D eigenvalue weighted by atomic mass is 16.7. The van der Waals surface area contributed by atoms with Crippen molar-refractivity contribution in [2.45, 2.75) is 64.3 Å². The minimum Gasteiger partial charge on any atom is -0.491 e. The number of benzene rings is 1. The third kappa shape index (κ3) is 6.11. The van der Waals surface area contributed by atoms with Gasteiger partial charge in [-0.15, -0.1) is 0 Å². The van der Waals surface area contributed by atoms with E-state index in [4.69, 9.17) is 14.2 Å². The quantitative estimate of drug-likeness (QED) is 0.628. The summed E-state index contributed by atoms with van der Waals surface area (Å²) in [4.78, 5) is 28.1. The van der Waals surface area contributed by atoms with E-state index in [0.717, 1.165) is 32.3 Å². The van der Waals surface area contributed by atoms with Gasteiger partial charge in [0.25, 0.3) is 0 Å². The molecule has 0 radical (unpaired) electrons. The number of carbonyl (C=O) groups is 2. The van der Waals surface area contributed by atoms with Gasteiger partial charge >= 0.3 is 6.09 Å². The number of rotatable bonds is 8. The summed E-state index contributed by atoms with van der Waals surface area (Å²) < 4.78 is 16.9. The fourth-order valence-electron chi connectivity index (χ4n) is 3.82. The molecule has 0 saturated carbocycles. The van der Waals surface area contributed by atoms with E-state index in [0.29, 0.717) is 37.6 Å². The molecule has 1 N–H and O–H groups in total. The topological polar surface area (TPSA) is 88.5 Å². The van der Waals surface area contributed by atoms with Gasteiger partial charge in [0.2, 0.25) is 5.91 Å². The Morgan fingerprint density at radius 2 is 1.87 bits per heavy atom. The van der Waals surface area contributed by atoms with Gasteiger partial charge in [-0.3, -0.25) is 9.69 Å². The fourth-order valence-corrected chi connectivity index (χ4v) is 3.82. The van der Waals surface area contributed by atoms with Gasteiger partial charge in [-0.2, -0.15) is 0 Å². The summed E-state index contributed by atoms with van der Waals surface area (Å²) in [6.45, 7) is 8.28. The first-order valence-electron chi connectivity index (χ1n) is 11.0. The molecule has 0 aliphatic carbocycles. The number of amides is 2. The number of carbonyl (C=O) groups excluding carboxylic acids is 1. The second-order valence-corrected chi connectivity index (χ2v) is 8.99. The molecule has 0 spiro atoms. The minimum absolute atomic E-state index is 0.146. The van der Waals surface area contributed by atoms with Crippen molar-refractivity contribution >= 4 is 12.0 Å². The number of hydrogen-bond donors (Lipinski definition) is 1. The van der Waals surface area contributed by atoms with Crippen LogP contribution in [-0.4, -0.2) is 71.6 Å². The van der Waals surface area contributed by atoms with Gasteiger partial charge < -0.3 is 24.2 Å². The Labute approximate surface area is 184 Å². The number of nitrogens with zero attached hydrogens (tertiary/aromatic N) is 2. The van der Waals surface area contributed by atoms with Gasteiger partial charge in [0.15, 0.2) is 6.29 Å². The average Bonchev–Trinajstić information content (AvgIpc) is 2.68. The van der Waals surface area contributed by atoms with E-state index in [2.05, 4.69) is 0 Å². The highest BCUT2D eigenvalue weighted by molar-refractivity contribution is 5.87. The van der Waals surface area contributed by atoms with E-state index in [9.17, 15) is 14.7 Å². The largest absolute Gasteiger partial charge is 0.491 e. The molecule has 2 heterocycles. The number of hydrogen-bond acceptors (Lipinski definition) is 5. The molecular formula is C23H34N2O6. The first-order valence-corrected chi connectivity index (χ1v) is 11.0. The van der Waals surface area contributed by atoms with E-state index >= 15 is 0 Å². The Kier molecular flexibility index (Phi) is 7.78. The lowest BCUT2D eigenvalue weighted by molar-refractivity contribution is -0.165. The molecule has 2 amide bonds. The molecule has 0 bridgehead atoms. The molecule has 172 valence electrons. The second-order valence-electron chi connectivity index (χ2n) is 8.99. The highest BCUT2D eigenvalue weighted by Gasteiger charge is 2.41. The predicted octanol–water partition coefficient (Wildman–Crippen LogP) is 3.66. The van der Waals surface area contributed by atoms with Gasteiger partial charge in [-0.25, -0.2) is 4.79 Å². The molecule has 2 fully saturated rings. The van der Waals surface area contributed by atoms with E-state index < -0.39 is 17.7 Å². The molecule has 8 heteroatoms. The van der Waals surface area contributed by atoms with Crippen molar-refractivity contribution in [1.82, 2.24) is 9.80 Å². The monoisotopic (exact) mass is 434 g/mol. The van der Waals surface area contributed by atoms with Crippen LogP contribution in [0.1, 0.15) is 58.1 Å². The third-order valence-electron chi connectivity index (χ3n) is 5.58. The number of carboxylic acid groups (broad SMARTS) is 1. The van der Waals surface area contributed by atoms with Gasteiger partial charge in [0, 0.05) is 25.2 Å². The number of likely N-dealkylation sites (tertiary alicyclic amines) is 1. The predicted molar refractivity (Wildman–Crippen MR) is 115 cm³/mol. The van der Waals surface area contributed by atoms with Gasteiger partial charge in [0.1, 0.15) is 18.4 Å². The molecule has 2 atom stereocenters. The lowest BCUT2D eigenvalue weighted by Gasteiger charge is -2.42. The molecule has 2 aliphatic rings. The van der Waals surface area contributed by atoms with E-state index in [1.807, 2.05) is 0 Å². The summed E-state index contributed by atoms with van der Waals surface area (Å²) in [5, 5.41) is 9.87. The second kappa shape index (κ2) is 10.3. The Balaban J connectivity index is 1.65. The molecule has 3 rings (SSSR count). The normalized spacial score (nSPS) is 20.0. The van der Waals surface area contributed by atoms with Crippen LogP contribution in [0.15, 0.2) is 24.3 Å². The van der Waals surface area contributed by atoms with Crippen molar-refractivity contribution in [1.29, 1.82) is 0 Å². The maximum atomic E-state index is 13.1. The van der Waals surface area contributed by atoms with E-state index in [-0.39, 0.29) is 12.2 Å². The van der Waals surface area contributed by atoms with Crippen LogP contribution in [-0.2, 0) is 14.3 Å². The van der Waals surface area contributed by atoms with Crippen molar-refractivity contribution in [2.24, 2.45) is 0 Å². The molecule has 0 aromatic heterocycles. The zero-order valence-electron chi connectivity index (χ0n) is 18.7. The average molecular weight is 435 g/mol. The molecule has 2 aliphatic heterocycles. The summed E-state index contributed by atoms with van der Waals surface area (Å²) in [6.07, 6.45) is 2.79. The van der Waals surface area contributed by atoms with Crippen LogP contribution in [0.5, 0.6) is 5.75 Å². The summed E-state index contributed by atoms with van der Waals surface area (Å²) in [6, 6.07) is 6.19. The lowest BCUT2D eigenvalue weighted by atomic mass is 9.96. The highest BCUT2D eigenvalue weighted by Crippen LogP contribution is 2.32. The van der Waals surface area contributed by atoms with Crippen LogP contribution in [0, 0.1) is 0 Å². The number of ether oxygens (including phenoxy) is 3. The molecule has 2 saturated heterocycles. The summed E-state index contributed by atoms with van der Waals surface area (Å²) in [5.41, 5.74) is -0.0986. The molecule has 8 nitrogen and oxygen atoms in total. The summed E-state index contributed by atoms with van der Waals surface area (Å²) in [5.74, 6) is 0.461.